The van der Waals surface area contributed by atoms with Crippen LogP contribution in [0.4, 0.5) is 0 Å². The Labute approximate surface area is 86.1 Å². The predicted molar refractivity (Wildman–Crippen MR) is 58.8 cm³/mol. The lowest BCUT2D eigenvalue weighted by Crippen LogP contribution is -2.33. The Hall–Kier alpha value is -0.570. The minimum absolute atomic E-state index is 0.351. The Morgan fingerprint density at radius 2 is 1.86 bits per heavy atom. The molecule has 2 unspecified atom stereocenters. The van der Waals surface area contributed by atoms with Crippen LogP contribution in [0.1, 0.15) is 39.5 Å². The van der Waals surface area contributed by atoms with E-state index in [-0.39, 0.29) is 0 Å². The van der Waals surface area contributed by atoms with Crippen molar-refractivity contribution in [3.63, 3.8) is 0 Å². The summed E-state index contributed by atoms with van der Waals surface area (Å²) in [5.74, 6) is 9.02. The molecule has 0 bridgehead atoms. The zero-order valence-electron chi connectivity index (χ0n) is 9.16. The highest BCUT2D eigenvalue weighted by Gasteiger charge is 2.53. The number of rotatable bonds is 2. The molecule has 0 amide bonds. The van der Waals surface area contributed by atoms with Crippen LogP contribution in [-0.2, 0) is 0 Å². The van der Waals surface area contributed by atoms with Crippen molar-refractivity contribution in [1.29, 1.82) is 0 Å². The largest absolute Gasteiger partial charge is 0.312 e. The zero-order valence-corrected chi connectivity index (χ0v) is 9.16. The Morgan fingerprint density at radius 1 is 1.29 bits per heavy atom. The minimum atomic E-state index is 0.351. The van der Waals surface area contributed by atoms with Gasteiger partial charge in [-0.05, 0) is 38.5 Å². The maximum Gasteiger partial charge on any atom is 0.114 e. The number of amidine groups is 1. The van der Waals surface area contributed by atoms with Crippen LogP contribution in [0.15, 0.2) is 4.99 Å². The average Bonchev–Trinajstić information content (AvgIpc) is 2.88. The van der Waals surface area contributed by atoms with Gasteiger partial charge >= 0.3 is 0 Å². The van der Waals surface area contributed by atoms with Gasteiger partial charge in [-0.3, -0.25) is 4.99 Å². The molecule has 2 aliphatic rings. The summed E-state index contributed by atoms with van der Waals surface area (Å²) in [5.41, 5.74) is 2.80. The molecule has 3 heteroatoms. The fraction of sp³-hybridized carbons (Fsp3) is 0.909. The van der Waals surface area contributed by atoms with Gasteiger partial charge in [0.2, 0.25) is 0 Å². The Bertz CT molecular complexity index is 223. The number of nitrogens with one attached hydrogen (secondary N) is 1. The van der Waals surface area contributed by atoms with Crippen LogP contribution < -0.4 is 11.3 Å². The van der Waals surface area contributed by atoms with Gasteiger partial charge in [-0.1, -0.05) is 12.8 Å². The molecular weight excluding hydrogens is 174 g/mol. The number of hydrogen-bond acceptors (Lipinski definition) is 2. The van der Waals surface area contributed by atoms with Crippen molar-refractivity contribution in [1.82, 2.24) is 5.43 Å². The van der Waals surface area contributed by atoms with Crippen LogP contribution in [0.3, 0.4) is 0 Å². The van der Waals surface area contributed by atoms with Crippen molar-refractivity contribution in [3.05, 3.63) is 0 Å². The topological polar surface area (TPSA) is 50.4 Å². The van der Waals surface area contributed by atoms with Gasteiger partial charge in [-0.2, -0.15) is 0 Å². The standard InChI is InChI=1S/C11H21N3/c1-7(2)13-11(14-12)10-8-5-3-4-6-9(8)10/h7-10H,3-6,12H2,1-2H3,(H,13,14). The lowest BCUT2D eigenvalue weighted by atomic mass is 10.0. The summed E-state index contributed by atoms with van der Waals surface area (Å²) in [6.45, 7) is 4.20. The first-order valence-corrected chi connectivity index (χ1v) is 5.78. The van der Waals surface area contributed by atoms with E-state index in [9.17, 15) is 0 Å². The summed E-state index contributed by atoms with van der Waals surface area (Å²) in [7, 11) is 0. The van der Waals surface area contributed by atoms with Crippen molar-refractivity contribution in [2.75, 3.05) is 0 Å². The second-order valence-corrected chi connectivity index (χ2v) is 4.89. The van der Waals surface area contributed by atoms with Crippen molar-refractivity contribution >= 4 is 5.84 Å². The number of nitrogens with zero attached hydrogens (tertiary/aromatic N) is 1. The minimum Gasteiger partial charge on any atom is -0.312 e. The molecule has 0 saturated heterocycles. The fourth-order valence-corrected chi connectivity index (χ4v) is 2.90. The maximum absolute atomic E-state index is 5.54. The number of aliphatic imine (C=N–C) groups is 1. The summed E-state index contributed by atoms with van der Waals surface area (Å²) in [6.07, 6.45) is 5.57. The van der Waals surface area contributed by atoms with E-state index < -0.39 is 0 Å². The molecule has 0 aliphatic heterocycles. The van der Waals surface area contributed by atoms with Crippen molar-refractivity contribution in [2.24, 2.45) is 28.6 Å². The third kappa shape index (κ3) is 1.78. The summed E-state index contributed by atoms with van der Waals surface area (Å²) >= 11 is 0. The summed E-state index contributed by atoms with van der Waals surface area (Å²) in [6, 6.07) is 0.351. The molecule has 14 heavy (non-hydrogen) atoms. The van der Waals surface area contributed by atoms with Crippen LogP contribution in [0.25, 0.3) is 0 Å². The zero-order chi connectivity index (χ0) is 10.1. The molecule has 0 aromatic rings. The third-order valence-electron chi connectivity index (χ3n) is 3.52. The highest BCUT2D eigenvalue weighted by atomic mass is 15.3. The molecular formula is C11H21N3. The van der Waals surface area contributed by atoms with Gasteiger partial charge in [0.05, 0.1) is 0 Å². The molecule has 3 N–H and O–H groups in total. The number of fused-ring (bicyclic) bond motifs is 1. The van der Waals surface area contributed by atoms with Crippen molar-refractivity contribution < 1.29 is 0 Å². The molecule has 2 saturated carbocycles. The SMILES string of the molecule is CC(C)N=C(NN)C1C2CCCCC21. The number of hydrazine groups is 1. The summed E-state index contributed by atoms with van der Waals surface area (Å²) in [4.78, 5) is 4.56. The maximum atomic E-state index is 5.54. The van der Waals surface area contributed by atoms with Gasteiger partial charge in [0.1, 0.15) is 5.84 Å². The van der Waals surface area contributed by atoms with Gasteiger partial charge in [0.25, 0.3) is 0 Å². The Morgan fingerprint density at radius 3 is 2.29 bits per heavy atom. The fourth-order valence-electron chi connectivity index (χ4n) is 2.90. The monoisotopic (exact) mass is 195 g/mol. The van der Waals surface area contributed by atoms with E-state index in [0.717, 1.165) is 17.7 Å². The quantitative estimate of drug-likeness (QED) is 0.305. The second-order valence-electron chi connectivity index (χ2n) is 4.89. The van der Waals surface area contributed by atoms with E-state index >= 15 is 0 Å². The van der Waals surface area contributed by atoms with Gasteiger partial charge < -0.3 is 5.43 Å². The normalized spacial score (nSPS) is 36.9. The predicted octanol–water partition coefficient (Wildman–Crippen LogP) is 1.69. The molecule has 80 valence electrons. The number of nitrogens with two attached hydrogens (primary N) is 1. The van der Waals surface area contributed by atoms with Crippen molar-refractivity contribution in [2.45, 2.75) is 45.6 Å². The van der Waals surface area contributed by atoms with E-state index in [1.165, 1.54) is 25.7 Å². The van der Waals surface area contributed by atoms with Crippen molar-refractivity contribution in [3.8, 4) is 0 Å². The number of hydrogen-bond donors (Lipinski definition) is 2. The average molecular weight is 195 g/mol. The highest BCUT2D eigenvalue weighted by molar-refractivity contribution is 5.87. The van der Waals surface area contributed by atoms with Gasteiger partial charge in [-0.15, -0.1) is 0 Å². The smallest absolute Gasteiger partial charge is 0.114 e. The lowest BCUT2D eigenvalue weighted by Gasteiger charge is -2.06. The van der Waals surface area contributed by atoms with Crippen LogP contribution in [0, 0.1) is 17.8 Å². The van der Waals surface area contributed by atoms with E-state index in [4.69, 9.17) is 5.84 Å². The Balaban J connectivity index is 2.00. The molecule has 0 aromatic carbocycles. The van der Waals surface area contributed by atoms with E-state index in [2.05, 4.69) is 24.3 Å². The van der Waals surface area contributed by atoms with Gasteiger partial charge in [0, 0.05) is 12.0 Å². The molecule has 2 rings (SSSR count). The molecule has 3 nitrogen and oxygen atoms in total. The van der Waals surface area contributed by atoms with Crippen LogP contribution in [-0.4, -0.2) is 11.9 Å². The second kappa shape index (κ2) is 3.89. The first-order chi connectivity index (χ1) is 6.74. The molecule has 2 fully saturated rings. The van der Waals surface area contributed by atoms with E-state index in [0.29, 0.717) is 12.0 Å². The first kappa shape index (κ1) is 9.97. The molecule has 2 atom stereocenters. The van der Waals surface area contributed by atoms with Gasteiger partial charge in [0.15, 0.2) is 0 Å². The third-order valence-corrected chi connectivity index (χ3v) is 3.52. The molecule has 2 aliphatic carbocycles. The first-order valence-electron chi connectivity index (χ1n) is 5.78. The molecule has 0 radical (unpaired) electrons. The van der Waals surface area contributed by atoms with E-state index in [1.807, 2.05) is 0 Å². The summed E-state index contributed by atoms with van der Waals surface area (Å²) < 4.78 is 0. The van der Waals surface area contributed by atoms with Crippen LogP contribution in [0.2, 0.25) is 0 Å². The summed E-state index contributed by atoms with van der Waals surface area (Å²) in [5, 5.41) is 0. The Kier molecular flexibility index (Phi) is 2.77. The molecule has 0 heterocycles. The highest BCUT2D eigenvalue weighted by Crippen LogP contribution is 2.55. The van der Waals surface area contributed by atoms with E-state index in [1.54, 1.807) is 0 Å². The van der Waals surface area contributed by atoms with Crippen LogP contribution >= 0.6 is 0 Å². The molecule has 0 spiro atoms. The van der Waals surface area contributed by atoms with Gasteiger partial charge in [-0.25, -0.2) is 5.84 Å². The molecule has 0 aromatic heterocycles. The van der Waals surface area contributed by atoms with Crippen LogP contribution in [0.5, 0.6) is 0 Å². The lowest BCUT2D eigenvalue weighted by molar-refractivity contribution is 0.480.